The van der Waals surface area contributed by atoms with Gasteiger partial charge in [0.1, 0.15) is 5.76 Å². The smallest absolute Gasteiger partial charge is 0.287 e. The highest BCUT2D eigenvalue weighted by Crippen LogP contribution is 2.24. The number of nitrogens with one attached hydrogen (secondary N) is 1. The average molecular weight is 270 g/mol. The van der Waals surface area contributed by atoms with Gasteiger partial charge in [0.15, 0.2) is 11.5 Å². The van der Waals surface area contributed by atoms with Crippen LogP contribution in [-0.4, -0.2) is 16.7 Å². The highest BCUT2D eigenvalue weighted by Gasteiger charge is 2.24. The largest absolute Gasteiger partial charge is 0.455 e. The first-order chi connectivity index (χ1) is 9.74. The average Bonchev–Trinajstić information content (AvgIpc) is 2.91. The fourth-order valence-electron chi connectivity index (χ4n) is 2.28. The van der Waals surface area contributed by atoms with E-state index in [0.717, 1.165) is 18.4 Å². The Bertz CT molecular complexity index is 646. The standard InChI is InChI=1S/C15H14N2O3/c18-12-2-1-3-13-11(12)8-14(20-13)15(19)17-9-10-4-6-16-7-5-10/h4-8H,1-3,9H2,(H,17,19). The van der Waals surface area contributed by atoms with Crippen LogP contribution in [0.1, 0.15) is 45.1 Å². The second-order valence-corrected chi connectivity index (χ2v) is 4.76. The Morgan fingerprint density at radius 1 is 1.30 bits per heavy atom. The lowest BCUT2D eigenvalue weighted by atomic mass is 9.97. The van der Waals surface area contributed by atoms with Crippen LogP contribution in [-0.2, 0) is 13.0 Å². The second kappa shape index (κ2) is 5.28. The molecule has 0 saturated heterocycles. The molecule has 0 atom stereocenters. The number of hydrogen-bond donors (Lipinski definition) is 1. The van der Waals surface area contributed by atoms with Crippen molar-refractivity contribution >= 4 is 11.7 Å². The van der Waals surface area contributed by atoms with Gasteiger partial charge in [-0.1, -0.05) is 0 Å². The molecule has 5 nitrogen and oxygen atoms in total. The van der Waals surface area contributed by atoms with E-state index in [0.29, 0.717) is 24.3 Å². The first kappa shape index (κ1) is 12.6. The zero-order valence-electron chi connectivity index (χ0n) is 10.9. The number of ketones is 1. The van der Waals surface area contributed by atoms with Gasteiger partial charge in [0.05, 0.1) is 5.56 Å². The van der Waals surface area contributed by atoms with E-state index < -0.39 is 0 Å². The molecule has 2 heterocycles. The molecule has 1 N–H and O–H groups in total. The number of pyridine rings is 1. The molecule has 0 aliphatic heterocycles. The maximum atomic E-state index is 12.0. The van der Waals surface area contributed by atoms with Gasteiger partial charge in [-0.05, 0) is 24.1 Å². The van der Waals surface area contributed by atoms with E-state index in [4.69, 9.17) is 4.42 Å². The predicted molar refractivity (Wildman–Crippen MR) is 71.4 cm³/mol. The SMILES string of the molecule is O=C(NCc1ccncc1)c1cc2c(o1)CCCC2=O. The quantitative estimate of drug-likeness (QED) is 0.927. The number of carbonyl (C=O) groups excluding carboxylic acids is 2. The lowest BCUT2D eigenvalue weighted by Gasteiger charge is -2.06. The minimum absolute atomic E-state index is 0.0585. The fraction of sp³-hybridized carbons (Fsp3) is 0.267. The zero-order chi connectivity index (χ0) is 13.9. The van der Waals surface area contributed by atoms with Crippen molar-refractivity contribution in [1.29, 1.82) is 0 Å². The molecule has 0 radical (unpaired) electrons. The molecule has 0 fully saturated rings. The summed E-state index contributed by atoms with van der Waals surface area (Å²) >= 11 is 0. The summed E-state index contributed by atoms with van der Waals surface area (Å²) in [5.41, 5.74) is 1.52. The number of Topliss-reactive ketones (excluding diaryl/α,β-unsaturated/α-hetero) is 1. The molecule has 0 saturated carbocycles. The Labute approximate surface area is 116 Å². The van der Waals surface area contributed by atoms with Gasteiger partial charge in [-0.25, -0.2) is 0 Å². The Morgan fingerprint density at radius 3 is 2.85 bits per heavy atom. The lowest BCUT2D eigenvalue weighted by molar-refractivity contribution is 0.0917. The maximum absolute atomic E-state index is 12.0. The summed E-state index contributed by atoms with van der Waals surface area (Å²) in [6, 6.07) is 5.21. The van der Waals surface area contributed by atoms with Gasteiger partial charge in [-0.15, -0.1) is 0 Å². The summed E-state index contributed by atoms with van der Waals surface area (Å²) in [5.74, 6) is 0.599. The molecule has 1 aliphatic carbocycles. The third-order valence-electron chi connectivity index (χ3n) is 3.34. The second-order valence-electron chi connectivity index (χ2n) is 4.76. The van der Waals surface area contributed by atoms with Crippen LogP contribution in [0, 0.1) is 0 Å². The summed E-state index contributed by atoms with van der Waals surface area (Å²) in [6.07, 6.45) is 5.39. The predicted octanol–water partition coefficient (Wildman–Crippen LogP) is 2.12. The highest BCUT2D eigenvalue weighted by molar-refractivity contribution is 6.01. The van der Waals surface area contributed by atoms with Gasteiger partial charge in [-0.3, -0.25) is 14.6 Å². The summed E-state index contributed by atoms with van der Waals surface area (Å²) in [7, 11) is 0. The van der Waals surface area contributed by atoms with Crippen molar-refractivity contribution in [3.05, 3.63) is 53.2 Å². The minimum Gasteiger partial charge on any atom is -0.455 e. The van der Waals surface area contributed by atoms with E-state index in [-0.39, 0.29) is 17.5 Å². The van der Waals surface area contributed by atoms with Crippen molar-refractivity contribution in [2.75, 3.05) is 0 Å². The van der Waals surface area contributed by atoms with Crippen LogP contribution in [0.2, 0.25) is 0 Å². The van der Waals surface area contributed by atoms with Crippen molar-refractivity contribution in [2.24, 2.45) is 0 Å². The van der Waals surface area contributed by atoms with E-state index in [1.165, 1.54) is 0 Å². The summed E-state index contributed by atoms with van der Waals surface area (Å²) < 4.78 is 5.48. The first-order valence-corrected chi connectivity index (χ1v) is 6.57. The number of amides is 1. The van der Waals surface area contributed by atoms with Crippen LogP contribution in [0.4, 0.5) is 0 Å². The van der Waals surface area contributed by atoms with Crippen molar-refractivity contribution in [3.63, 3.8) is 0 Å². The van der Waals surface area contributed by atoms with Crippen LogP contribution >= 0.6 is 0 Å². The number of furan rings is 1. The monoisotopic (exact) mass is 270 g/mol. The third-order valence-corrected chi connectivity index (χ3v) is 3.34. The van der Waals surface area contributed by atoms with Gasteiger partial charge in [0.25, 0.3) is 5.91 Å². The summed E-state index contributed by atoms with van der Waals surface area (Å²) in [5, 5.41) is 2.77. The number of rotatable bonds is 3. The molecule has 3 rings (SSSR count). The van der Waals surface area contributed by atoms with Gasteiger partial charge in [0, 0.05) is 37.8 Å². The highest BCUT2D eigenvalue weighted by atomic mass is 16.4. The van der Waals surface area contributed by atoms with Crippen LogP contribution in [0.5, 0.6) is 0 Å². The number of nitrogens with zero attached hydrogens (tertiary/aromatic N) is 1. The van der Waals surface area contributed by atoms with Gasteiger partial charge in [-0.2, -0.15) is 0 Å². The Balaban J connectivity index is 1.70. The lowest BCUT2D eigenvalue weighted by Crippen LogP contribution is -2.22. The summed E-state index contributed by atoms with van der Waals surface area (Å²) in [6.45, 7) is 0.403. The molecule has 0 bridgehead atoms. The van der Waals surface area contributed by atoms with Crippen LogP contribution in [0.25, 0.3) is 0 Å². The fourth-order valence-corrected chi connectivity index (χ4v) is 2.28. The van der Waals surface area contributed by atoms with Crippen molar-refractivity contribution in [2.45, 2.75) is 25.8 Å². The molecular formula is C15H14N2O3. The number of aromatic nitrogens is 1. The van der Waals surface area contributed by atoms with E-state index >= 15 is 0 Å². The van der Waals surface area contributed by atoms with E-state index in [1.54, 1.807) is 18.5 Å². The normalized spacial score (nSPS) is 13.9. The molecular weight excluding hydrogens is 256 g/mol. The number of hydrogen-bond acceptors (Lipinski definition) is 4. The molecule has 0 aromatic carbocycles. The Morgan fingerprint density at radius 2 is 2.10 bits per heavy atom. The maximum Gasteiger partial charge on any atom is 0.287 e. The van der Waals surface area contributed by atoms with E-state index in [1.807, 2.05) is 12.1 Å². The number of aryl methyl sites for hydroxylation is 1. The van der Waals surface area contributed by atoms with E-state index in [2.05, 4.69) is 10.3 Å². The molecule has 2 aromatic heterocycles. The minimum atomic E-state index is -0.302. The number of fused-ring (bicyclic) bond motifs is 1. The zero-order valence-corrected chi connectivity index (χ0v) is 10.9. The number of carbonyl (C=O) groups is 2. The summed E-state index contributed by atoms with van der Waals surface area (Å²) in [4.78, 5) is 27.6. The molecule has 0 unspecified atom stereocenters. The molecule has 20 heavy (non-hydrogen) atoms. The first-order valence-electron chi connectivity index (χ1n) is 6.57. The molecule has 5 heteroatoms. The third kappa shape index (κ3) is 2.47. The molecule has 2 aromatic rings. The van der Waals surface area contributed by atoms with Crippen molar-refractivity contribution in [1.82, 2.24) is 10.3 Å². The van der Waals surface area contributed by atoms with Gasteiger partial charge in [0.2, 0.25) is 0 Å². The van der Waals surface area contributed by atoms with Crippen LogP contribution in [0.15, 0.2) is 35.0 Å². The van der Waals surface area contributed by atoms with Gasteiger partial charge < -0.3 is 9.73 Å². The molecule has 1 aliphatic rings. The Hall–Kier alpha value is -2.43. The van der Waals surface area contributed by atoms with Crippen LogP contribution in [0.3, 0.4) is 0 Å². The van der Waals surface area contributed by atoms with Crippen LogP contribution < -0.4 is 5.32 Å². The molecule has 1 amide bonds. The van der Waals surface area contributed by atoms with Crippen molar-refractivity contribution < 1.29 is 14.0 Å². The molecule has 102 valence electrons. The van der Waals surface area contributed by atoms with Crippen molar-refractivity contribution in [3.8, 4) is 0 Å². The topological polar surface area (TPSA) is 72.2 Å². The van der Waals surface area contributed by atoms with E-state index in [9.17, 15) is 9.59 Å². The Kier molecular flexibility index (Phi) is 3.33. The van der Waals surface area contributed by atoms with Gasteiger partial charge >= 0.3 is 0 Å². The molecule has 0 spiro atoms.